The summed E-state index contributed by atoms with van der Waals surface area (Å²) in [6.07, 6.45) is 8.85. The van der Waals surface area contributed by atoms with Gasteiger partial charge in [-0.1, -0.05) is 6.07 Å². The van der Waals surface area contributed by atoms with Gasteiger partial charge in [0.15, 0.2) is 0 Å². The van der Waals surface area contributed by atoms with Crippen LogP contribution in [0.4, 0.5) is 0 Å². The summed E-state index contributed by atoms with van der Waals surface area (Å²) in [6.45, 7) is 0.697. The minimum atomic E-state index is -0.168. The number of aryl methyl sites for hydroxylation is 1. The van der Waals surface area contributed by atoms with Gasteiger partial charge in [-0.2, -0.15) is 5.10 Å². The van der Waals surface area contributed by atoms with E-state index in [1.807, 2.05) is 25.4 Å². The van der Waals surface area contributed by atoms with Crippen molar-refractivity contribution in [3.63, 3.8) is 0 Å². The molecule has 24 heavy (non-hydrogen) atoms. The first kappa shape index (κ1) is 14.9. The molecule has 0 radical (unpaired) electrons. The van der Waals surface area contributed by atoms with Crippen LogP contribution in [0.3, 0.4) is 0 Å². The summed E-state index contributed by atoms with van der Waals surface area (Å²) in [5.74, 6) is -0.122. The number of fused-ring (bicyclic) bond motifs is 1. The molecule has 1 saturated heterocycles. The zero-order valence-electron chi connectivity index (χ0n) is 13.4. The lowest BCUT2D eigenvalue weighted by Gasteiger charge is -2.31. The minimum Gasteiger partial charge on any atom is -0.371 e. The number of hydrogen-bond donors (Lipinski definition) is 1. The molecule has 1 amide bonds. The second-order valence-electron chi connectivity index (χ2n) is 6.03. The highest BCUT2D eigenvalue weighted by atomic mass is 16.5. The normalized spacial score (nSPS) is 21.0. The molecule has 124 valence electrons. The molecule has 7 heteroatoms. The molecule has 3 aromatic rings. The molecule has 1 aliphatic rings. The third-order valence-corrected chi connectivity index (χ3v) is 4.35. The van der Waals surface area contributed by atoms with Crippen LogP contribution in [0.1, 0.15) is 35.0 Å². The van der Waals surface area contributed by atoms with Gasteiger partial charge in [0.1, 0.15) is 17.4 Å². The van der Waals surface area contributed by atoms with E-state index >= 15 is 0 Å². The van der Waals surface area contributed by atoms with Gasteiger partial charge in [-0.15, -0.1) is 0 Å². The van der Waals surface area contributed by atoms with Crippen LogP contribution in [-0.2, 0) is 11.8 Å². The van der Waals surface area contributed by atoms with Gasteiger partial charge in [-0.05, 0) is 25.0 Å². The van der Waals surface area contributed by atoms with E-state index in [0.717, 1.165) is 24.1 Å². The zero-order valence-corrected chi connectivity index (χ0v) is 13.4. The van der Waals surface area contributed by atoms with Crippen molar-refractivity contribution in [2.45, 2.75) is 25.0 Å². The highest BCUT2D eigenvalue weighted by Gasteiger charge is 2.30. The highest BCUT2D eigenvalue weighted by Crippen LogP contribution is 2.28. The van der Waals surface area contributed by atoms with E-state index in [2.05, 4.69) is 15.4 Å². The molecule has 7 nitrogen and oxygen atoms in total. The minimum absolute atomic E-state index is 0.0748. The second-order valence-corrected chi connectivity index (χ2v) is 6.03. The van der Waals surface area contributed by atoms with E-state index in [9.17, 15) is 4.79 Å². The number of rotatable bonds is 3. The molecular weight excluding hydrogens is 306 g/mol. The van der Waals surface area contributed by atoms with E-state index in [1.54, 1.807) is 33.7 Å². The van der Waals surface area contributed by atoms with Crippen molar-refractivity contribution >= 4 is 11.6 Å². The molecular formula is C17H19N5O2. The highest BCUT2D eigenvalue weighted by molar-refractivity contribution is 5.93. The maximum Gasteiger partial charge on any atom is 0.268 e. The van der Waals surface area contributed by atoms with Crippen molar-refractivity contribution in [1.82, 2.24) is 24.5 Å². The summed E-state index contributed by atoms with van der Waals surface area (Å²) in [4.78, 5) is 17.0. The number of pyridine rings is 1. The zero-order chi connectivity index (χ0) is 16.5. The Morgan fingerprint density at radius 3 is 3.17 bits per heavy atom. The maximum absolute atomic E-state index is 12.8. The molecule has 4 heterocycles. The summed E-state index contributed by atoms with van der Waals surface area (Å²) in [5, 5.41) is 7.33. The van der Waals surface area contributed by atoms with Gasteiger partial charge >= 0.3 is 0 Å². The Labute approximate surface area is 139 Å². The average Bonchev–Trinajstić information content (AvgIpc) is 3.23. The van der Waals surface area contributed by atoms with Gasteiger partial charge in [0.05, 0.1) is 12.2 Å². The summed E-state index contributed by atoms with van der Waals surface area (Å²) < 4.78 is 9.45. The first-order valence-corrected chi connectivity index (χ1v) is 8.05. The van der Waals surface area contributed by atoms with Gasteiger partial charge in [0.2, 0.25) is 0 Å². The summed E-state index contributed by atoms with van der Waals surface area (Å²) >= 11 is 0. The molecule has 2 atom stereocenters. The molecule has 0 aromatic carbocycles. The van der Waals surface area contributed by atoms with Crippen LogP contribution in [0.5, 0.6) is 0 Å². The van der Waals surface area contributed by atoms with Gasteiger partial charge in [-0.25, -0.2) is 4.98 Å². The van der Waals surface area contributed by atoms with E-state index < -0.39 is 0 Å². The fraction of sp³-hybridized carbons (Fsp3) is 0.353. The molecule has 3 aromatic heterocycles. The number of carbonyl (C=O) groups is 1. The van der Waals surface area contributed by atoms with Crippen LogP contribution in [0.25, 0.3) is 5.65 Å². The Kier molecular flexibility index (Phi) is 3.78. The lowest BCUT2D eigenvalue weighted by Crippen LogP contribution is -2.43. The van der Waals surface area contributed by atoms with Crippen molar-refractivity contribution in [2.75, 3.05) is 6.61 Å². The number of nitrogens with one attached hydrogen (secondary N) is 1. The Bertz CT molecular complexity index is 869. The molecule has 0 spiro atoms. The standard InChI is InChI=1S/C17H19N5O2/c1-21-11-12(10-19-21)16-13(4-3-9-24-16)20-17(23)14-5-2-6-15-18-7-8-22(14)15/h2,5-8,10-11,13,16H,3-4,9H2,1H3,(H,20,23)/t13-,16+/m0/s1. The van der Waals surface area contributed by atoms with Crippen molar-refractivity contribution in [2.24, 2.45) is 7.05 Å². The number of ether oxygens (including phenoxy) is 1. The van der Waals surface area contributed by atoms with Gasteiger partial charge in [-0.3, -0.25) is 13.9 Å². The fourth-order valence-corrected chi connectivity index (χ4v) is 3.22. The van der Waals surface area contributed by atoms with Crippen molar-refractivity contribution in [3.05, 3.63) is 54.2 Å². The van der Waals surface area contributed by atoms with Crippen molar-refractivity contribution in [1.29, 1.82) is 0 Å². The number of amides is 1. The van der Waals surface area contributed by atoms with E-state index in [0.29, 0.717) is 12.3 Å². The Hall–Kier alpha value is -2.67. The van der Waals surface area contributed by atoms with Crippen LogP contribution < -0.4 is 5.32 Å². The summed E-state index contributed by atoms with van der Waals surface area (Å²) in [7, 11) is 1.87. The average molecular weight is 325 g/mol. The molecule has 0 aliphatic carbocycles. The van der Waals surface area contributed by atoms with E-state index in [-0.39, 0.29) is 18.1 Å². The van der Waals surface area contributed by atoms with Gasteiger partial charge in [0.25, 0.3) is 5.91 Å². The molecule has 0 bridgehead atoms. The van der Waals surface area contributed by atoms with Crippen molar-refractivity contribution < 1.29 is 9.53 Å². The molecule has 1 N–H and O–H groups in total. The topological polar surface area (TPSA) is 73.5 Å². The van der Waals surface area contributed by atoms with Crippen LogP contribution in [0, 0.1) is 0 Å². The largest absolute Gasteiger partial charge is 0.371 e. The van der Waals surface area contributed by atoms with E-state index in [4.69, 9.17) is 4.74 Å². The number of imidazole rings is 1. The number of hydrogen-bond acceptors (Lipinski definition) is 4. The predicted octanol–water partition coefficient (Wildman–Crippen LogP) is 1.72. The van der Waals surface area contributed by atoms with Crippen LogP contribution in [-0.4, -0.2) is 37.7 Å². The fourth-order valence-electron chi connectivity index (χ4n) is 3.22. The first-order chi connectivity index (χ1) is 11.7. The third kappa shape index (κ3) is 2.67. The van der Waals surface area contributed by atoms with Gasteiger partial charge < -0.3 is 10.1 Å². The second kappa shape index (κ2) is 6.09. The van der Waals surface area contributed by atoms with E-state index in [1.165, 1.54) is 0 Å². The number of aromatic nitrogens is 4. The predicted molar refractivity (Wildman–Crippen MR) is 87.6 cm³/mol. The first-order valence-electron chi connectivity index (χ1n) is 8.05. The summed E-state index contributed by atoms with van der Waals surface area (Å²) in [6, 6.07) is 5.44. The Balaban J connectivity index is 1.58. The molecule has 4 rings (SSSR count). The van der Waals surface area contributed by atoms with Crippen molar-refractivity contribution in [3.8, 4) is 0 Å². The molecule has 1 aliphatic heterocycles. The Morgan fingerprint density at radius 1 is 1.42 bits per heavy atom. The molecule has 0 unspecified atom stereocenters. The number of carbonyl (C=O) groups excluding carboxylic acids is 1. The lowest BCUT2D eigenvalue weighted by molar-refractivity contribution is -0.00956. The Morgan fingerprint density at radius 2 is 2.33 bits per heavy atom. The monoisotopic (exact) mass is 325 g/mol. The molecule has 0 saturated carbocycles. The lowest BCUT2D eigenvalue weighted by atomic mass is 9.98. The quantitative estimate of drug-likeness (QED) is 0.796. The van der Waals surface area contributed by atoms with Crippen LogP contribution in [0.2, 0.25) is 0 Å². The smallest absolute Gasteiger partial charge is 0.268 e. The van der Waals surface area contributed by atoms with Crippen LogP contribution >= 0.6 is 0 Å². The van der Waals surface area contributed by atoms with Crippen LogP contribution in [0.15, 0.2) is 43.0 Å². The molecule has 1 fully saturated rings. The maximum atomic E-state index is 12.8. The summed E-state index contributed by atoms with van der Waals surface area (Å²) in [5.41, 5.74) is 2.32. The third-order valence-electron chi connectivity index (χ3n) is 4.35. The van der Waals surface area contributed by atoms with Gasteiger partial charge in [0, 0.05) is 37.8 Å². The number of nitrogens with zero attached hydrogens (tertiary/aromatic N) is 4. The SMILES string of the molecule is Cn1cc([C@H]2OCCC[C@@H]2NC(=O)c2cccc3nccn23)cn1.